The van der Waals surface area contributed by atoms with E-state index >= 15 is 0 Å². The van der Waals surface area contributed by atoms with Crippen LogP contribution in [0.3, 0.4) is 0 Å². The van der Waals surface area contributed by atoms with Crippen molar-refractivity contribution in [3.8, 4) is 0 Å². The Hall–Kier alpha value is 0.260. The summed E-state index contributed by atoms with van der Waals surface area (Å²) >= 11 is 0. The van der Waals surface area contributed by atoms with E-state index in [9.17, 15) is 14.0 Å². The van der Waals surface area contributed by atoms with Gasteiger partial charge in [-0.1, -0.05) is 25.7 Å². The van der Waals surface area contributed by atoms with Crippen LogP contribution < -0.4 is 0 Å². The molecule has 1 unspecified atom stereocenters. The summed E-state index contributed by atoms with van der Waals surface area (Å²) in [7, 11) is -8.88. The first-order chi connectivity index (χ1) is 9.23. The van der Waals surface area contributed by atoms with Crippen LogP contribution in [0.15, 0.2) is 0 Å². The lowest BCUT2D eigenvalue weighted by Crippen LogP contribution is -2.52. The molecule has 9 heteroatoms. The maximum atomic E-state index is 11.9. The molecule has 1 saturated carbocycles. The van der Waals surface area contributed by atoms with Crippen LogP contribution >= 0.6 is 15.2 Å². The van der Waals surface area contributed by atoms with Crippen molar-refractivity contribution in [2.45, 2.75) is 56.9 Å². The van der Waals surface area contributed by atoms with Crippen molar-refractivity contribution in [2.24, 2.45) is 0 Å². The van der Waals surface area contributed by atoms with Crippen molar-refractivity contribution >= 4 is 15.2 Å². The van der Waals surface area contributed by atoms with Gasteiger partial charge in [0.05, 0.1) is 0 Å². The summed E-state index contributed by atoms with van der Waals surface area (Å²) in [5, 5.41) is 1.56. The van der Waals surface area contributed by atoms with Crippen molar-refractivity contribution in [1.82, 2.24) is 5.06 Å². The summed E-state index contributed by atoms with van der Waals surface area (Å²) in [5.41, 5.74) is -0.218. The Bertz CT molecular complexity index is 422. The quantitative estimate of drug-likeness (QED) is 0.681. The highest BCUT2D eigenvalue weighted by molar-refractivity contribution is 7.69. The van der Waals surface area contributed by atoms with Crippen molar-refractivity contribution < 1.29 is 28.4 Å². The second-order valence-electron chi connectivity index (χ2n) is 5.87. The Morgan fingerprint density at radius 1 is 0.950 bits per heavy atom. The van der Waals surface area contributed by atoms with E-state index < -0.39 is 21.1 Å². The molecule has 1 saturated heterocycles. The average molecular weight is 327 g/mol. The first-order valence-corrected chi connectivity index (χ1v) is 10.6. The predicted octanol–water partition coefficient (Wildman–Crippen LogP) is 2.43. The van der Waals surface area contributed by atoms with Gasteiger partial charge in [0.25, 0.3) is 0 Å². The van der Waals surface area contributed by atoms with E-state index in [2.05, 4.69) is 0 Å². The topological polar surface area (TPSA) is 107 Å². The zero-order valence-electron chi connectivity index (χ0n) is 11.5. The standard InChI is InChI=1S/C11H23NO6P2/c13-19(14,15)10-20(16,17)18-12-9-5-4-8-11(12)6-2-1-3-7-11/h1-10H2,(H,16,17)(H2,13,14,15). The Morgan fingerprint density at radius 3 is 2.05 bits per heavy atom. The summed E-state index contributed by atoms with van der Waals surface area (Å²) in [5.74, 6) is -1.12. The summed E-state index contributed by atoms with van der Waals surface area (Å²) in [4.78, 5) is 27.4. The molecule has 7 nitrogen and oxygen atoms in total. The highest BCUT2D eigenvalue weighted by Gasteiger charge is 2.44. The third-order valence-electron chi connectivity index (χ3n) is 4.16. The zero-order valence-corrected chi connectivity index (χ0v) is 13.3. The Labute approximate surface area is 119 Å². The molecular formula is C11H23NO6P2. The number of piperidine rings is 1. The SMILES string of the molecule is O=P(O)(O)CP(=O)(O)ON1CCCCC12CCCCC2. The van der Waals surface area contributed by atoms with Crippen LogP contribution in [0.4, 0.5) is 0 Å². The van der Waals surface area contributed by atoms with Crippen LogP contribution in [-0.2, 0) is 13.8 Å². The molecule has 2 rings (SSSR count). The van der Waals surface area contributed by atoms with Crippen LogP contribution in [0.5, 0.6) is 0 Å². The van der Waals surface area contributed by atoms with Crippen molar-refractivity contribution in [3.63, 3.8) is 0 Å². The van der Waals surface area contributed by atoms with E-state index in [1.54, 1.807) is 5.06 Å². The molecule has 2 aliphatic rings. The highest BCUT2D eigenvalue weighted by atomic mass is 31.2. The molecule has 0 radical (unpaired) electrons. The molecule has 1 heterocycles. The van der Waals surface area contributed by atoms with Gasteiger partial charge in [-0.15, -0.1) is 0 Å². The van der Waals surface area contributed by atoms with Gasteiger partial charge >= 0.3 is 15.2 Å². The van der Waals surface area contributed by atoms with Gasteiger partial charge in [-0.05, 0) is 25.7 Å². The predicted molar refractivity (Wildman–Crippen MR) is 74.2 cm³/mol. The van der Waals surface area contributed by atoms with E-state index in [1.807, 2.05) is 0 Å². The Kier molecular flexibility index (Phi) is 5.13. The molecule has 0 aromatic heterocycles. The van der Waals surface area contributed by atoms with Gasteiger partial charge in [0.15, 0.2) is 5.90 Å². The molecular weight excluding hydrogens is 304 g/mol. The number of hydroxylamine groups is 2. The largest absolute Gasteiger partial charge is 0.356 e. The van der Waals surface area contributed by atoms with Crippen LogP contribution in [0, 0.1) is 0 Å². The molecule has 1 atom stereocenters. The molecule has 0 amide bonds. The summed E-state index contributed by atoms with van der Waals surface area (Å²) in [6, 6.07) is 0. The number of nitrogens with zero attached hydrogens (tertiary/aromatic N) is 1. The van der Waals surface area contributed by atoms with E-state index in [0.717, 1.165) is 51.4 Å². The first kappa shape index (κ1) is 16.6. The fourth-order valence-corrected chi connectivity index (χ4v) is 5.95. The lowest BCUT2D eigenvalue weighted by molar-refractivity contribution is -0.180. The molecule has 0 bridgehead atoms. The lowest BCUT2D eigenvalue weighted by atomic mass is 9.76. The smallest absolute Gasteiger partial charge is 0.324 e. The molecule has 20 heavy (non-hydrogen) atoms. The number of hydrogen-bond acceptors (Lipinski definition) is 4. The van der Waals surface area contributed by atoms with Crippen LogP contribution in [0.1, 0.15) is 51.4 Å². The molecule has 2 fully saturated rings. The summed E-state index contributed by atoms with van der Waals surface area (Å²) < 4.78 is 28.0. The summed E-state index contributed by atoms with van der Waals surface area (Å²) in [6.07, 6.45) is 7.98. The first-order valence-electron chi connectivity index (χ1n) is 7.06. The van der Waals surface area contributed by atoms with E-state index in [1.165, 1.54) is 0 Å². The zero-order chi connectivity index (χ0) is 14.9. The maximum absolute atomic E-state index is 11.9. The minimum absolute atomic E-state index is 0.218. The molecule has 1 spiro atoms. The lowest BCUT2D eigenvalue weighted by Gasteiger charge is -2.48. The minimum Gasteiger partial charge on any atom is -0.324 e. The fourth-order valence-electron chi connectivity index (χ4n) is 3.32. The fraction of sp³-hybridized carbons (Fsp3) is 1.00. The van der Waals surface area contributed by atoms with Gasteiger partial charge < -0.3 is 14.7 Å². The van der Waals surface area contributed by atoms with E-state index in [4.69, 9.17) is 14.4 Å². The number of hydrogen-bond donors (Lipinski definition) is 3. The molecule has 1 aliphatic carbocycles. The average Bonchev–Trinajstić information content (AvgIpc) is 2.30. The second-order valence-corrected chi connectivity index (χ2v) is 9.77. The molecule has 118 valence electrons. The third kappa shape index (κ3) is 4.38. The van der Waals surface area contributed by atoms with Gasteiger partial charge in [-0.2, -0.15) is 5.06 Å². The molecule has 3 N–H and O–H groups in total. The molecule has 1 aliphatic heterocycles. The van der Waals surface area contributed by atoms with Gasteiger partial charge in [0.2, 0.25) is 0 Å². The van der Waals surface area contributed by atoms with Gasteiger partial charge in [-0.3, -0.25) is 9.13 Å². The monoisotopic (exact) mass is 327 g/mol. The van der Waals surface area contributed by atoms with Crippen molar-refractivity contribution in [2.75, 3.05) is 12.4 Å². The van der Waals surface area contributed by atoms with Crippen LogP contribution in [-0.4, -0.2) is 37.7 Å². The van der Waals surface area contributed by atoms with Crippen molar-refractivity contribution in [3.05, 3.63) is 0 Å². The second kappa shape index (κ2) is 6.17. The molecule has 0 aromatic carbocycles. The van der Waals surface area contributed by atoms with Gasteiger partial charge in [-0.25, -0.2) is 4.62 Å². The van der Waals surface area contributed by atoms with Gasteiger partial charge in [0, 0.05) is 12.1 Å². The highest BCUT2D eigenvalue weighted by Crippen LogP contribution is 2.57. The van der Waals surface area contributed by atoms with E-state index in [0.29, 0.717) is 6.54 Å². The Morgan fingerprint density at radius 2 is 1.50 bits per heavy atom. The Balaban J connectivity index is 2.09. The van der Waals surface area contributed by atoms with Crippen LogP contribution in [0.2, 0.25) is 0 Å². The van der Waals surface area contributed by atoms with Gasteiger partial charge in [0.1, 0.15) is 0 Å². The van der Waals surface area contributed by atoms with Crippen molar-refractivity contribution in [1.29, 1.82) is 0 Å². The number of rotatable bonds is 4. The maximum Gasteiger partial charge on any atom is 0.356 e. The normalized spacial score (nSPS) is 27.4. The van der Waals surface area contributed by atoms with Crippen LogP contribution in [0.25, 0.3) is 0 Å². The molecule has 0 aromatic rings. The summed E-state index contributed by atoms with van der Waals surface area (Å²) in [6.45, 7) is 0.547. The third-order valence-corrected chi connectivity index (χ3v) is 7.51. The minimum atomic E-state index is -4.57. The van der Waals surface area contributed by atoms with E-state index in [-0.39, 0.29) is 5.54 Å².